The third-order valence-corrected chi connectivity index (χ3v) is 3.46. The molecule has 0 bridgehead atoms. The van der Waals surface area contributed by atoms with Crippen LogP contribution in [0.1, 0.15) is 24.0 Å². The quantitative estimate of drug-likeness (QED) is 0.882. The molecule has 0 spiro atoms. The average molecular weight is 270 g/mol. The minimum absolute atomic E-state index is 0.126. The van der Waals surface area contributed by atoms with E-state index >= 15 is 0 Å². The van der Waals surface area contributed by atoms with E-state index in [-0.39, 0.29) is 6.61 Å². The van der Waals surface area contributed by atoms with Crippen LogP contribution in [0.4, 0.5) is 0 Å². The number of nitrogens with one attached hydrogen (secondary N) is 1. The number of rotatable bonds is 3. The monoisotopic (exact) mass is 269 g/mol. The van der Waals surface area contributed by atoms with E-state index < -0.39 is 0 Å². The molecule has 1 atom stereocenters. The molecule has 2 nitrogen and oxygen atoms in total. The molecule has 0 aromatic heterocycles. The zero-order valence-corrected chi connectivity index (χ0v) is 10.3. The van der Waals surface area contributed by atoms with E-state index in [1.165, 1.54) is 18.4 Å². The summed E-state index contributed by atoms with van der Waals surface area (Å²) in [5, 5.41) is 12.8. The van der Waals surface area contributed by atoms with Gasteiger partial charge in [0.05, 0.1) is 6.61 Å². The Morgan fingerprint density at radius 1 is 1.40 bits per heavy atom. The van der Waals surface area contributed by atoms with Crippen molar-refractivity contribution >= 4 is 15.9 Å². The fourth-order valence-electron chi connectivity index (χ4n) is 2.14. The highest BCUT2D eigenvalue weighted by Crippen LogP contribution is 2.20. The van der Waals surface area contributed by atoms with Crippen molar-refractivity contribution in [3.05, 3.63) is 33.8 Å². The van der Waals surface area contributed by atoms with Gasteiger partial charge in [-0.15, -0.1) is 0 Å². The van der Waals surface area contributed by atoms with Crippen molar-refractivity contribution in [1.29, 1.82) is 0 Å². The minimum atomic E-state index is 0.126. The highest BCUT2D eigenvalue weighted by Gasteiger charge is 2.15. The van der Waals surface area contributed by atoms with E-state index in [4.69, 9.17) is 0 Å². The molecule has 2 N–H and O–H groups in total. The lowest BCUT2D eigenvalue weighted by Crippen LogP contribution is -2.24. The molecule has 1 aromatic rings. The standard InChI is InChI=1S/C12H16BrNO/c13-11-4-3-9(10(6-11)8-15)7-12-2-1-5-14-12/h3-4,6,12,14-15H,1-2,5,7-8H2. The van der Waals surface area contributed by atoms with E-state index in [1.807, 2.05) is 12.1 Å². The van der Waals surface area contributed by atoms with Crippen LogP contribution in [0, 0.1) is 0 Å². The van der Waals surface area contributed by atoms with Gasteiger partial charge < -0.3 is 10.4 Å². The molecule has 0 aliphatic carbocycles. The van der Waals surface area contributed by atoms with Gasteiger partial charge in [-0.2, -0.15) is 0 Å². The Labute approximate surface area is 98.8 Å². The topological polar surface area (TPSA) is 32.3 Å². The van der Waals surface area contributed by atoms with Crippen molar-refractivity contribution in [2.24, 2.45) is 0 Å². The second-order valence-electron chi connectivity index (χ2n) is 4.07. The predicted octanol–water partition coefficient (Wildman–Crippen LogP) is 2.24. The maximum Gasteiger partial charge on any atom is 0.0684 e. The molecule has 1 aromatic carbocycles. The van der Waals surface area contributed by atoms with Gasteiger partial charge in [0.2, 0.25) is 0 Å². The summed E-state index contributed by atoms with van der Waals surface area (Å²) in [6.07, 6.45) is 3.56. The van der Waals surface area contributed by atoms with Crippen LogP contribution in [-0.2, 0) is 13.0 Å². The summed E-state index contributed by atoms with van der Waals surface area (Å²) >= 11 is 3.42. The van der Waals surface area contributed by atoms with E-state index in [1.54, 1.807) is 0 Å². The van der Waals surface area contributed by atoms with Crippen LogP contribution in [0.2, 0.25) is 0 Å². The van der Waals surface area contributed by atoms with Crippen LogP contribution in [-0.4, -0.2) is 17.7 Å². The highest BCUT2D eigenvalue weighted by atomic mass is 79.9. The van der Waals surface area contributed by atoms with Gasteiger partial charge in [0.15, 0.2) is 0 Å². The number of halogens is 1. The number of aliphatic hydroxyl groups is 1. The van der Waals surface area contributed by atoms with Gasteiger partial charge in [-0.3, -0.25) is 0 Å². The first-order valence-corrected chi connectivity index (χ1v) is 6.20. The molecule has 0 amide bonds. The molecule has 0 saturated carbocycles. The smallest absolute Gasteiger partial charge is 0.0684 e. The maximum absolute atomic E-state index is 9.28. The van der Waals surface area contributed by atoms with Gasteiger partial charge in [-0.25, -0.2) is 0 Å². The van der Waals surface area contributed by atoms with Gasteiger partial charge in [-0.1, -0.05) is 22.0 Å². The van der Waals surface area contributed by atoms with Gasteiger partial charge in [0.1, 0.15) is 0 Å². The zero-order valence-electron chi connectivity index (χ0n) is 8.67. The molecule has 3 heteroatoms. The second-order valence-corrected chi connectivity index (χ2v) is 4.98. The summed E-state index contributed by atoms with van der Waals surface area (Å²) in [5.41, 5.74) is 2.30. The molecule has 2 rings (SSSR count). The van der Waals surface area contributed by atoms with Crippen molar-refractivity contribution in [1.82, 2.24) is 5.32 Å². The zero-order chi connectivity index (χ0) is 10.7. The predicted molar refractivity (Wildman–Crippen MR) is 64.8 cm³/mol. The lowest BCUT2D eigenvalue weighted by Gasteiger charge is -2.13. The van der Waals surface area contributed by atoms with Crippen LogP contribution in [0.3, 0.4) is 0 Å². The van der Waals surface area contributed by atoms with Crippen LogP contribution in [0.25, 0.3) is 0 Å². The van der Waals surface area contributed by atoms with Crippen molar-refractivity contribution in [3.8, 4) is 0 Å². The van der Waals surface area contributed by atoms with Gasteiger partial charge >= 0.3 is 0 Å². The average Bonchev–Trinajstić information content (AvgIpc) is 2.73. The van der Waals surface area contributed by atoms with Crippen LogP contribution in [0.5, 0.6) is 0 Å². The Bertz CT molecular complexity index is 334. The normalized spacial score (nSPS) is 20.8. The van der Waals surface area contributed by atoms with Crippen LogP contribution in [0.15, 0.2) is 22.7 Å². The number of hydrogen-bond donors (Lipinski definition) is 2. The molecular weight excluding hydrogens is 254 g/mol. The SMILES string of the molecule is OCc1cc(Br)ccc1CC1CCCN1. The Morgan fingerprint density at radius 2 is 2.27 bits per heavy atom. The molecule has 15 heavy (non-hydrogen) atoms. The molecule has 0 radical (unpaired) electrons. The number of hydrogen-bond acceptors (Lipinski definition) is 2. The third-order valence-electron chi connectivity index (χ3n) is 2.97. The summed E-state index contributed by atoms with van der Waals surface area (Å²) in [6, 6.07) is 6.75. The molecule has 1 unspecified atom stereocenters. The van der Waals surface area contributed by atoms with Crippen molar-refractivity contribution in [2.75, 3.05) is 6.54 Å². The lowest BCUT2D eigenvalue weighted by molar-refractivity contribution is 0.280. The molecule has 1 aliphatic rings. The van der Waals surface area contributed by atoms with Crippen molar-refractivity contribution < 1.29 is 5.11 Å². The first-order chi connectivity index (χ1) is 7.29. The first-order valence-electron chi connectivity index (χ1n) is 5.41. The van der Waals surface area contributed by atoms with Crippen molar-refractivity contribution in [2.45, 2.75) is 31.9 Å². The van der Waals surface area contributed by atoms with Gasteiger partial charge in [0, 0.05) is 10.5 Å². The van der Waals surface area contributed by atoms with Gasteiger partial charge in [0.25, 0.3) is 0 Å². The highest BCUT2D eigenvalue weighted by molar-refractivity contribution is 9.10. The summed E-state index contributed by atoms with van der Waals surface area (Å²) in [4.78, 5) is 0. The van der Waals surface area contributed by atoms with Crippen LogP contribution < -0.4 is 5.32 Å². The Hall–Kier alpha value is -0.380. The molecule has 1 heterocycles. The number of benzene rings is 1. The third kappa shape index (κ3) is 2.80. The lowest BCUT2D eigenvalue weighted by atomic mass is 10.00. The Balaban J connectivity index is 2.12. The molecule has 1 saturated heterocycles. The Morgan fingerprint density at radius 3 is 2.93 bits per heavy atom. The molecule has 82 valence electrons. The molecule has 1 fully saturated rings. The fourth-order valence-corrected chi connectivity index (χ4v) is 2.55. The van der Waals surface area contributed by atoms with E-state index in [0.29, 0.717) is 6.04 Å². The van der Waals surface area contributed by atoms with Gasteiger partial charge in [-0.05, 0) is 49.1 Å². The number of aliphatic hydroxyl groups excluding tert-OH is 1. The van der Waals surface area contributed by atoms with E-state index in [2.05, 4.69) is 27.3 Å². The summed E-state index contributed by atoms with van der Waals surface area (Å²) in [6.45, 7) is 1.26. The van der Waals surface area contributed by atoms with E-state index in [9.17, 15) is 5.11 Å². The van der Waals surface area contributed by atoms with Crippen molar-refractivity contribution in [3.63, 3.8) is 0 Å². The van der Waals surface area contributed by atoms with Crippen LogP contribution >= 0.6 is 15.9 Å². The Kier molecular flexibility index (Phi) is 3.78. The minimum Gasteiger partial charge on any atom is -0.392 e. The van der Waals surface area contributed by atoms with E-state index in [0.717, 1.165) is 23.0 Å². The first kappa shape index (κ1) is 11.1. The molecule has 1 aliphatic heterocycles. The fraction of sp³-hybridized carbons (Fsp3) is 0.500. The second kappa shape index (κ2) is 5.10. The maximum atomic E-state index is 9.28. The largest absolute Gasteiger partial charge is 0.392 e. The summed E-state index contributed by atoms with van der Waals surface area (Å²) < 4.78 is 1.04. The summed E-state index contributed by atoms with van der Waals surface area (Å²) in [5.74, 6) is 0. The summed E-state index contributed by atoms with van der Waals surface area (Å²) in [7, 11) is 0. The molecular formula is C12H16BrNO.